The van der Waals surface area contributed by atoms with Gasteiger partial charge < -0.3 is 23.8 Å². The van der Waals surface area contributed by atoms with Gasteiger partial charge in [-0.1, -0.05) is 43.7 Å². The molecule has 2 aliphatic rings. The van der Waals surface area contributed by atoms with Crippen molar-refractivity contribution >= 4 is 0 Å². The Labute approximate surface area is 157 Å². The number of hydrogen-bond donors (Lipinski definition) is 1. The van der Waals surface area contributed by atoms with Gasteiger partial charge in [0.15, 0.2) is 6.04 Å². The Hall–Kier alpha value is -0.980. The number of rotatable bonds is 6. The molecular formula is C21H34NO4+. The normalized spacial score (nSPS) is 35.1. The zero-order valence-electron chi connectivity index (χ0n) is 16.5. The Morgan fingerprint density at radius 1 is 1.12 bits per heavy atom. The van der Waals surface area contributed by atoms with Crippen LogP contribution in [0, 0.1) is 0 Å². The Bertz CT molecular complexity index is 559. The highest BCUT2D eigenvalue weighted by atomic mass is 16.7. The van der Waals surface area contributed by atoms with E-state index in [1.54, 1.807) is 0 Å². The summed E-state index contributed by atoms with van der Waals surface area (Å²) in [6.07, 6.45) is 2.43. The first-order valence-corrected chi connectivity index (χ1v) is 9.88. The minimum atomic E-state index is -0.619. The Balaban J connectivity index is 1.75. The quantitative estimate of drug-likeness (QED) is 0.623. The van der Waals surface area contributed by atoms with E-state index in [2.05, 4.69) is 40.2 Å². The molecule has 2 heterocycles. The molecule has 146 valence electrons. The van der Waals surface area contributed by atoms with Gasteiger partial charge in [0.1, 0.15) is 12.2 Å². The predicted octanol–water partition coefficient (Wildman–Crippen LogP) is 2.88. The van der Waals surface area contributed by atoms with E-state index in [4.69, 9.17) is 14.2 Å². The molecule has 0 aromatic heterocycles. The maximum atomic E-state index is 11.2. The molecule has 2 aliphatic heterocycles. The molecule has 0 saturated carbocycles. The molecular weight excluding hydrogens is 330 g/mol. The third-order valence-corrected chi connectivity index (χ3v) is 5.52. The third kappa shape index (κ3) is 4.29. The van der Waals surface area contributed by atoms with E-state index < -0.39 is 12.4 Å². The minimum Gasteiger partial charge on any atom is -0.384 e. The van der Waals surface area contributed by atoms with Crippen molar-refractivity contribution in [3.8, 4) is 0 Å². The molecule has 0 spiro atoms. The number of aliphatic hydroxyl groups is 1. The summed E-state index contributed by atoms with van der Waals surface area (Å²) in [4.78, 5) is 0. The van der Waals surface area contributed by atoms with Gasteiger partial charge in [0.05, 0.1) is 33.4 Å². The fourth-order valence-corrected chi connectivity index (χ4v) is 4.10. The van der Waals surface area contributed by atoms with Gasteiger partial charge in [-0.15, -0.1) is 0 Å². The SMILES string of the molecule is CCCCO[C@@H]1O[C@@H]2CC[C@H](c3ccccc3)O[C@H]2[C@@H](O)[C@H]1[N+](C)(C)C. The van der Waals surface area contributed by atoms with E-state index in [1.807, 2.05) is 18.2 Å². The summed E-state index contributed by atoms with van der Waals surface area (Å²) in [5.74, 6) is 0. The van der Waals surface area contributed by atoms with Gasteiger partial charge >= 0.3 is 0 Å². The molecule has 2 saturated heterocycles. The van der Waals surface area contributed by atoms with Crippen LogP contribution in [0.2, 0.25) is 0 Å². The molecule has 26 heavy (non-hydrogen) atoms. The van der Waals surface area contributed by atoms with Crippen LogP contribution < -0.4 is 0 Å². The second-order valence-corrected chi connectivity index (χ2v) is 8.44. The zero-order chi connectivity index (χ0) is 18.7. The van der Waals surface area contributed by atoms with Crippen LogP contribution in [0.15, 0.2) is 30.3 Å². The smallest absolute Gasteiger partial charge is 0.213 e. The van der Waals surface area contributed by atoms with Crippen molar-refractivity contribution < 1.29 is 23.8 Å². The molecule has 0 bridgehead atoms. The summed E-state index contributed by atoms with van der Waals surface area (Å²) >= 11 is 0. The number of ether oxygens (including phenoxy) is 3. The van der Waals surface area contributed by atoms with E-state index >= 15 is 0 Å². The molecule has 0 amide bonds. The van der Waals surface area contributed by atoms with Crippen LogP contribution in [0.25, 0.3) is 0 Å². The average molecular weight is 365 g/mol. The van der Waals surface area contributed by atoms with E-state index in [9.17, 15) is 5.11 Å². The van der Waals surface area contributed by atoms with Crippen molar-refractivity contribution in [2.75, 3.05) is 27.7 Å². The Morgan fingerprint density at radius 2 is 1.85 bits per heavy atom. The highest BCUT2D eigenvalue weighted by Crippen LogP contribution is 2.39. The number of fused-ring (bicyclic) bond motifs is 1. The lowest BCUT2D eigenvalue weighted by Gasteiger charge is -2.51. The second kappa shape index (κ2) is 8.36. The van der Waals surface area contributed by atoms with Crippen LogP contribution in [-0.2, 0) is 14.2 Å². The molecule has 3 rings (SSSR count). The average Bonchev–Trinajstić information content (AvgIpc) is 2.61. The van der Waals surface area contributed by atoms with Gasteiger partial charge in [0.25, 0.3) is 0 Å². The fraction of sp³-hybridized carbons (Fsp3) is 0.714. The van der Waals surface area contributed by atoms with Crippen LogP contribution in [0.3, 0.4) is 0 Å². The second-order valence-electron chi connectivity index (χ2n) is 8.44. The predicted molar refractivity (Wildman–Crippen MR) is 101 cm³/mol. The van der Waals surface area contributed by atoms with Crippen molar-refractivity contribution in [3.05, 3.63) is 35.9 Å². The Morgan fingerprint density at radius 3 is 2.50 bits per heavy atom. The number of benzene rings is 1. The van der Waals surface area contributed by atoms with Gasteiger partial charge in [0.2, 0.25) is 6.29 Å². The van der Waals surface area contributed by atoms with Crippen molar-refractivity contribution in [1.82, 2.24) is 0 Å². The lowest BCUT2D eigenvalue weighted by atomic mass is 9.88. The van der Waals surface area contributed by atoms with Crippen LogP contribution in [0.5, 0.6) is 0 Å². The molecule has 2 fully saturated rings. The number of unbranched alkanes of at least 4 members (excludes halogenated alkanes) is 1. The Kier molecular flexibility index (Phi) is 6.36. The molecule has 1 aromatic rings. The van der Waals surface area contributed by atoms with Crippen LogP contribution >= 0.6 is 0 Å². The number of nitrogens with zero attached hydrogens (tertiary/aromatic N) is 1. The van der Waals surface area contributed by atoms with E-state index in [0.29, 0.717) is 11.1 Å². The summed E-state index contributed by atoms with van der Waals surface area (Å²) in [5.41, 5.74) is 1.17. The van der Waals surface area contributed by atoms with Crippen molar-refractivity contribution in [2.45, 2.75) is 69.4 Å². The number of quaternary nitrogens is 1. The first-order chi connectivity index (χ1) is 12.4. The number of likely N-dealkylation sites (N-methyl/N-ethyl adjacent to an activating group) is 1. The maximum Gasteiger partial charge on any atom is 0.213 e. The van der Waals surface area contributed by atoms with Crippen LogP contribution in [0.4, 0.5) is 0 Å². The van der Waals surface area contributed by atoms with Gasteiger partial charge in [-0.25, -0.2) is 0 Å². The van der Waals surface area contributed by atoms with E-state index in [0.717, 1.165) is 25.7 Å². The summed E-state index contributed by atoms with van der Waals surface area (Å²) < 4.78 is 19.3. The topological polar surface area (TPSA) is 47.9 Å². The lowest BCUT2D eigenvalue weighted by Crippen LogP contribution is -2.69. The first kappa shape index (κ1) is 19.8. The molecule has 0 aliphatic carbocycles. The van der Waals surface area contributed by atoms with Crippen molar-refractivity contribution in [3.63, 3.8) is 0 Å². The molecule has 6 atom stereocenters. The first-order valence-electron chi connectivity index (χ1n) is 9.88. The standard InChI is InChI=1S/C21H34NO4/c1-5-6-14-24-21-18(22(2,3)4)19(23)20-17(26-21)13-12-16(25-20)15-10-8-7-9-11-15/h7-11,16-21,23H,5-6,12-14H2,1-4H3/q+1/t16-,17-,18-,19+,20-,21-/m1/s1. The minimum absolute atomic E-state index is 0.0152. The van der Waals surface area contributed by atoms with Gasteiger partial charge in [-0.3, -0.25) is 0 Å². The van der Waals surface area contributed by atoms with E-state index in [-0.39, 0.29) is 24.4 Å². The van der Waals surface area contributed by atoms with Gasteiger partial charge in [-0.2, -0.15) is 0 Å². The third-order valence-electron chi connectivity index (χ3n) is 5.52. The number of aliphatic hydroxyl groups excluding tert-OH is 1. The summed E-state index contributed by atoms with van der Waals surface area (Å²) in [6, 6.07) is 10.1. The summed E-state index contributed by atoms with van der Waals surface area (Å²) in [6.45, 7) is 2.81. The number of hydrogen-bond acceptors (Lipinski definition) is 4. The van der Waals surface area contributed by atoms with E-state index in [1.165, 1.54) is 5.56 Å². The van der Waals surface area contributed by atoms with Crippen molar-refractivity contribution in [1.29, 1.82) is 0 Å². The molecule has 1 N–H and O–H groups in total. The highest BCUT2D eigenvalue weighted by molar-refractivity contribution is 5.18. The van der Waals surface area contributed by atoms with Crippen LogP contribution in [-0.4, -0.2) is 68.0 Å². The zero-order valence-corrected chi connectivity index (χ0v) is 16.5. The largest absolute Gasteiger partial charge is 0.384 e. The lowest BCUT2D eigenvalue weighted by molar-refractivity contribution is -0.910. The molecule has 1 aromatic carbocycles. The van der Waals surface area contributed by atoms with Crippen molar-refractivity contribution in [2.24, 2.45) is 0 Å². The monoisotopic (exact) mass is 364 g/mol. The van der Waals surface area contributed by atoms with Gasteiger partial charge in [0, 0.05) is 6.61 Å². The molecule has 5 heteroatoms. The maximum absolute atomic E-state index is 11.2. The van der Waals surface area contributed by atoms with Crippen LogP contribution in [0.1, 0.15) is 44.3 Å². The molecule has 0 radical (unpaired) electrons. The van der Waals surface area contributed by atoms with Gasteiger partial charge in [-0.05, 0) is 24.8 Å². The summed E-state index contributed by atoms with van der Waals surface area (Å²) in [5, 5.41) is 11.2. The molecule has 5 nitrogen and oxygen atoms in total. The fourth-order valence-electron chi connectivity index (χ4n) is 4.10. The molecule has 0 unspecified atom stereocenters. The highest BCUT2D eigenvalue weighted by Gasteiger charge is 2.54. The summed E-state index contributed by atoms with van der Waals surface area (Å²) in [7, 11) is 6.22.